The fraction of sp³-hybridized carbons (Fsp3) is 1.00. The zero-order valence-electron chi connectivity index (χ0n) is 11.2. The van der Waals surface area contributed by atoms with Gasteiger partial charge in [-0.25, -0.2) is 12.7 Å². The maximum absolute atomic E-state index is 12.5. The molecule has 0 saturated carbocycles. The number of hydrogen-bond donors (Lipinski definition) is 1. The minimum absolute atomic E-state index is 0.0335. The number of sulfonamides is 1. The Labute approximate surface area is 112 Å². The van der Waals surface area contributed by atoms with Gasteiger partial charge in [-0.2, -0.15) is 13.2 Å². The number of piperidine rings is 1. The van der Waals surface area contributed by atoms with Crippen LogP contribution in [-0.4, -0.2) is 50.3 Å². The zero-order valence-corrected chi connectivity index (χ0v) is 12.0. The summed E-state index contributed by atoms with van der Waals surface area (Å²) in [7, 11) is -3.44. The molecule has 19 heavy (non-hydrogen) atoms. The van der Waals surface area contributed by atoms with Crippen LogP contribution >= 0.6 is 0 Å². The summed E-state index contributed by atoms with van der Waals surface area (Å²) >= 11 is 0. The average Bonchev–Trinajstić information content (AvgIpc) is 2.27. The summed E-state index contributed by atoms with van der Waals surface area (Å²) in [5.41, 5.74) is 0. The van der Waals surface area contributed by atoms with E-state index in [1.165, 1.54) is 4.31 Å². The smallest absolute Gasteiger partial charge is 0.313 e. The largest absolute Gasteiger partial charge is 0.391 e. The molecule has 0 aromatic heterocycles. The van der Waals surface area contributed by atoms with E-state index in [0.29, 0.717) is 6.54 Å². The second kappa shape index (κ2) is 6.41. The van der Waals surface area contributed by atoms with Gasteiger partial charge in [-0.05, 0) is 12.8 Å². The van der Waals surface area contributed by atoms with Crippen LogP contribution in [0.25, 0.3) is 0 Å². The van der Waals surface area contributed by atoms with E-state index in [9.17, 15) is 21.6 Å². The van der Waals surface area contributed by atoms with E-state index >= 15 is 0 Å². The Morgan fingerprint density at radius 2 is 1.79 bits per heavy atom. The van der Waals surface area contributed by atoms with Crippen LogP contribution in [0, 0.1) is 5.92 Å². The number of halogens is 3. The van der Waals surface area contributed by atoms with Crippen molar-refractivity contribution in [2.24, 2.45) is 5.92 Å². The number of alkyl halides is 3. The molecule has 0 aromatic carbocycles. The van der Waals surface area contributed by atoms with Crippen molar-refractivity contribution < 1.29 is 21.6 Å². The second-order valence-corrected chi connectivity index (χ2v) is 7.23. The Hall–Kier alpha value is -0.340. The van der Waals surface area contributed by atoms with Crippen molar-refractivity contribution >= 4 is 10.0 Å². The van der Waals surface area contributed by atoms with Crippen LogP contribution in [0.2, 0.25) is 0 Å². The summed E-state index contributed by atoms with van der Waals surface area (Å²) in [6.45, 7) is 4.06. The van der Waals surface area contributed by atoms with Crippen LogP contribution in [-0.2, 0) is 10.0 Å². The van der Waals surface area contributed by atoms with E-state index in [0.717, 1.165) is 0 Å². The molecule has 1 fully saturated rings. The summed E-state index contributed by atoms with van der Waals surface area (Å²) in [6.07, 6.45) is -4.49. The molecule has 1 N–H and O–H groups in total. The fourth-order valence-corrected chi connectivity index (χ4v) is 3.47. The molecule has 1 heterocycles. The second-order valence-electron chi connectivity index (χ2n) is 5.14. The van der Waals surface area contributed by atoms with E-state index in [-0.39, 0.29) is 37.7 Å². The predicted molar refractivity (Wildman–Crippen MR) is 67.3 cm³/mol. The van der Waals surface area contributed by atoms with Gasteiger partial charge in [0.15, 0.2) is 0 Å². The maximum Gasteiger partial charge on any atom is 0.391 e. The molecule has 0 amide bonds. The van der Waals surface area contributed by atoms with E-state index in [4.69, 9.17) is 0 Å². The lowest BCUT2D eigenvalue weighted by molar-refractivity contribution is -0.182. The Bertz CT molecular complexity index is 374. The van der Waals surface area contributed by atoms with Crippen LogP contribution in [0.4, 0.5) is 13.2 Å². The van der Waals surface area contributed by atoms with Crippen LogP contribution in [0.15, 0.2) is 0 Å². The van der Waals surface area contributed by atoms with E-state index in [1.807, 2.05) is 13.8 Å². The molecule has 1 aliphatic rings. The molecule has 0 aromatic rings. The molecule has 8 heteroatoms. The highest BCUT2D eigenvalue weighted by molar-refractivity contribution is 7.89. The van der Waals surface area contributed by atoms with Gasteiger partial charge in [-0.15, -0.1) is 0 Å². The van der Waals surface area contributed by atoms with Crippen LogP contribution in [0.5, 0.6) is 0 Å². The monoisotopic (exact) mass is 302 g/mol. The van der Waals surface area contributed by atoms with Crippen molar-refractivity contribution in [3.63, 3.8) is 0 Å². The molecular weight excluding hydrogens is 281 g/mol. The van der Waals surface area contributed by atoms with Gasteiger partial charge in [0.05, 0.1) is 11.7 Å². The van der Waals surface area contributed by atoms with Crippen LogP contribution < -0.4 is 5.32 Å². The molecule has 0 unspecified atom stereocenters. The molecule has 0 radical (unpaired) electrons. The summed E-state index contributed by atoms with van der Waals surface area (Å²) in [4.78, 5) is 0. The molecule has 0 atom stereocenters. The quantitative estimate of drug-likeness (QED) is 0.839. The first-order valence-electron chi connectivity index (χ1n) is 6.41. The number of nitrogens with zero attached hydrogens (tertiary/aromatic N) is 1. The van der Waals surface area contributed by atoms with Crippen molar-refractivity contribution in [1.82, 2.24) is 9.62 Å². The lowest BCUT2D eigenvalue weighted by Crippen LogP contribution is -2.44. The van der Waals surface area contributed by atoms with Gasteiger partial charge in [-0.3, -0.25) is 0 Å². The number of hydrogen-bond acceptors (Lipinski definition) is 3. The Morgan fingerprint density at radius 3 is 2.21 bits per heavy atom. The molecular formula is C11H21F3N2O2S. The molecule has 114 valence electrons. The molecule has 0 aliphatic carbocycles. The predicted octanol–water partition coefficient (Wildman–Crippen LogP) is 1.59. The van der Waals surface area contributed by atoms with Gasteiger partial charge < -0.3 is 5.32 Å². The van der Waals surface area contributed by atoms with E-state index < -0.39 is 22.1 Å². The van der Waals surface area contributed by atoms with Gasteiger partial charge in [0, 0.05) is 25.7 Å². The van der Waals surface area contributed by atoms with Gasteiger partial charge in [0.25, 0.3) is 0 Å². The highest BCUT2D eigenvalue weighted by Gasteiger charge is 2.42. The van der Waals surface area contributed by atoms with Crippen LogP contribution in [0.1, 0.15) is 26.7 Å². The van der Waals surface area contributed by atoms with E-state index in [2.05, 4.69) is 5.32 Å². The van der Waals surface area contributed by atoms with Crippen molar-refractivity contribution in [2.45, 2.75) is 38.9 Å². The lowest BCUT2D eigenvalue weighted by Gasteiger charge is -2.32. The van der Waals surface area contributed by atoms with Gasteiger partial charge in [0.2, 0.25) is 10.0 Å². The number of rotatable bonds is 5. The number of nitrogens with one attached hydrogen (secondary N) is 1. The molecule has 1 saturated heterocycles. The summed E-state index contributed by atoms with van der Waals surface area (Å²) in [5.74, 6) is -1.44. The third-order valence-corrected chi connectivity index (χ3v) is 5.09. The molecule has 1 aliphatic heterocycles. The topological polar surface area (TPSA) is 49.4 Å². The van der Waals surface area contributed by atoms with Crippen molar-refractivity contribution in [3.8, 4) is 0 Å². The third-order valence-electron chi connectivity index (χ3n) is 3.22. The first-order valence-corrected chi connectivity index (χ1v) is 8.02. The highest BCUT2D eigenvalue weighted by atomic mass is 32.2. The molecule has 0 spiro atoms. The minimum Gasteiger partial charge on any atom is -0.313 e. The lowest BCUT2D eigenvalue weighted by atomic mass is 9.98. The van der Waals surface area contributed by atoms with Crippen molar-refractivity contribution in [2.75, 3.05) is 25.4 Å². The van der Waals surface area contributed by atoms with E-state index in [1.54, 1.807) is 0 Å². The summed E-state index contributed by atoms with van der Waals surface area (Å²) in [6, 6.07) is 0.186. The maximum atomic E-state index is 12.5. The Morgan fingerprint density at radius 1 is 1.26 bits per heavy atom. The summed E-state index contributed by atoms with van der Waals surface area (Å²) < 4.78 is 62.5. The van der Waals surface area contributed by atoms with Gasteiger partial charge >= 0.3 is 6.18 Å². The third kappa shape index (κ3) is 5.27. The first kappa shape index (κ1) is 16.7. The van der Waals surface area contributed by atoms with Crippen LogP contribution in [0.3, 0.4) is 0 Å². The molecule has 4 nitrogen and oxygen atoms in total. The highest BCUT2D eigenvalue weighted by Crippen LogP contribution is 2.34. The minimum atomic E-state index is -4.21. The first-order chi connectivity index (χ1) is 8.63. The SMILES string of the molecule is CC(C)NCCS(=O)(=O)N1CCC(C(F)(F)F)CC1. The fourth-order valence-electron chi connectivity index (χ4n) is 2.07. The molecule has 1 rings (SSSR count). The zero-order chi connectivity index (χ0) is 14.7. The average molecular weight is 302 g/mol. The Kier molecular flexibility index (Phi) is 5.64. The standard InChI is InChI=1S/C11H21F3N2O2S/c1-9(2)15-5-8-19(17,18)16-6-3-10(4-7-16)11(12,13)14/h9-10,15H,3-8H2,1-2H3. The Balaban J connectivity index is 2.45. The van der Waals surface area contributed by atoms with Gasteiger partial charge in [0.1, 0.15) is 0 Å². The molecule has 0 bridgehead atoms. The van der Waals surface area contributed by atoms with Crippen molar-refractivity contribution in [1.29, 1.82) is 0 Å². The normalized spacial score (nSPS) is 20.1. The van der Waals surface area contributed by atoms with Gasteiger partial charge in [-0.1, -0.05) is 13.8 Å². The van der Waals surface area contributed by atoms with Crippen molar-refractivity contribution in [3.05, 3.63) is 0 Å². The summed E-state index contributed by atoms with van der Waals surface area (Å²) in [5, 5.41) is 2.99.